The average molecular weight is 236 g/mol. The third kappa shape index (κ3) is 5.13. The van der Waals surface area contributed by atoms with Crippen LogP contribution in [0.15, 0.2) is 0 Å². The molecule has 15 heavy (non-hydrogen) atoms. The van der Waals surface area contributed by atoms with Crippen LogP contribution in [0.25, 0.3) is 0 Å². The highest BCUT2D eigenvalue weighted by Crippen LogP contribution is 2.04. The number of hydrogen-bond acceptors (Lipinski definition) is 4. The minimum atomic E-state index is -3.03. The normalized spacial score (nSPS) is 14.9. The van der Waals surface area contributed by atoms with Crippen LogP contribution in [0.4, 0.5) is 0 Å². The summed E-state index contributed by atoms with van der Waals surface area (Å²) in [5.74, 6) is -0.376. The van der Waals surface area contributed by atoms with Crippen molar-refractivity contribution >= 4 is 15.7 Å². The maximum Gasteiger partial charge on any atom is 0.237 e. The summed E-state index contributed by atoms with van der Waals surface area (Å²) in [6, 6.07) is -0.294. The first-order valence-corrected chi connectivity index (χ1v) is 6.71. The second-order valence-corrected chi connectivity index (χ2v) is 6.63. The van der Waals surface area contributed by atoms with Crippen molar-refractivity contribution in [2.24, 2.45) is 5.73 Å². The van der Waals surface area contributed by atoms with Gasteiger partial charge in [0, 0.05) is 11.8 Å². The number of primary amides is 1. The summed E-state index contributed by atoms with van der Waals surface area (Å²) in [5, 5.41) is 2.89. The molecule has 1 unspecified atom stereocenters. The van der Waals surface area contributed by atoms with Gasteiger partial charge in [-0.15, -0.1) is 0 Å². The van der Waals surface area contributed by atoms with Crippen LogP contribution in [0.2, 0.25) is 0 Å². The third-order valence-corrected chi connectivity index (χ3v) is 4.05. The predicted octanol–water partition coefficient (Wildman–Crippen LogP) is -0.337. The maximum absolute atomic E-state index is 11.3. The van der Waals surface area contributed by atoms with Crippen LogP contribution in [0.5, 0.6) is 0 Å². The zero-order valence-corrected chi connectivity index (χ0v) is 10.5. The lowest BCUT2D eigenvalue weighted by atomic mass is 10.0. The molecule has 0 aliphatic carbocycles. The summed E-state index contributed by atoms with van der Waals surface area (Å²) >= 11 is 0. The second kappa shape index (κ2) is 4.94. The molecular formula is C9H20N2O3S. The van der Waals surface area contributed by atoms with E-state index in [2.05, 4.69) is 5.32 Å². The van der Waals surface area contributed by atoms with Gasteiger partial charge in [0.1, 0.15) is 0 Å². The molecule has 3 N–H and O–H groups in total. The summed E-state index contributed by atoms with van der Waals surface area (Å²) in [6.07, 6.45) is 0. The van der Waals surface area contributed by atoms with Gasteiger partial charge in [-0.1, -0.05) is 6.92 Å². The quantitative estimate of drug-likeness (QED) is 0.660. The Morgan fingerprint density at radius 2 is 1.93 bits per heavy atom. The molecule has 0 radical (unpaired) electrons. The summed E-state index contributed by atoms with van der Waals surface area (Å²) in [7, 11) is -3.03. The van der Waals surface area contributed by atoms with Crippen LogP contribution in [-0.2, 0) is 14.6 Å². The highest BCUT2D eigenvalue weighted by molar-refractivity contribution is 7.91. The summed E-state index contributed by atoms with van der Waals surface area (Å²) in [4.78, 5) is 11.0. The van der Waals surface area contributed by atoms with Gasteiger partial charge in [-0.2, -0.15) is 0 Å². The van der Waals surface area contributed by atoms with E-state index < -0.39 is 21.3 Å². The molecule has 0 aliphatic heterocycles. The topological polar surface area (TPSA) is 89.3 Å². The first-order chi connectivity index (χ1) is 6.60. The van der Waals surface area contributed by atoms with E-state index in [-0.39, 0.29) is 17.5 Å². The smallest absolute Gasteiger partial charge is 0.237 e. The lowest BCUT2D eigenvalue weighted by Crippen LogP contribution is -2.55. The van der Waals surface area contributed by atoms with E-state index >= 15 is 0 Å². The Bertz CT molecular complexity index is 322. The number of nitrogens with one attached hydrogen (secondary N) is 1. The highest BCUT2D eigenvalue weighted by Gasteiger charge is 2.27. The van der Waals surface area contributed by atoms with Gasteiger partial charge in [0.2, 0.25) is 5.91 Å². The molecule has 0 aliphatic rings. The number of nitrogens with two attached hydrogens (primary N) is 1. The van der Waals surface area contributed by atoms with Crippen molar-refractivity contribution < 1.29 is 13.2 Å². The van der Waals surface area contributed by atoms with Crippen molar-refractivity contribution in [1.82, 2.24) is 5.32 Å². The lowest BCUT2D eigenvalue weighted by Gasteiger charge is -2.26. The molecule has 0 heterocycles. The Hall–Kier alpha value is -0.620. The van der Waals surface area contributed by atoms with Crippen LogP contribution < -0.4 is 11.1 Å². The van der Waals surface area contributed by atoms with Crippen LogP contribution >= 0.6 is 0 Å². The maximum atomic E-state index is 11.3. The Balaban J connectivity index is 4.40. The largest absolute Gasteiger partial charge is 0.368 e. The first kappa shape index (κ1) is 14.4. The minimum absolute atomic E-state index is 0.0141. The van der Waals surface area contributed by atoms with Crippen molar-refractivity contribution in [2.45, 2.75) is 39.3 Å². The molecule has 1 amide bonds. The predicted molar refractivity (Wildman–Crippen MR) is 60.2 cm³/mol. The van der Waals surface area contributed by atoms with Crippen LogP contribution in [0.1, 0.15) is 27.7 Å². The zero-order valence-electron chi connectivity index (χ0n) is 9.70. The van der Waals surface area contributed by atoms with Crippen molar-refractivity contribution in [3.05, 3.63) is 0 Å². The van der Waals surface area contributed by atoms with E-state index in [1.807, 2.05) is 0 Å². The summed E-state index contributed by atoms with van der Waals surface area (Å²) < 4.78 is 22.6. The Morgan fingerprint density at radius 1 is 1.47 bits per heavy atom. The van der Waals surface area contributed by atoms with E-state index in [9.17, 15) is 13.2 Å². The number of sulfone groups is 1. The van der Waals surface area contributed by atoms with E-state index in [4.69, 9.17) is 5.73 Å². The van der Waals surface area contributed by atoms with Gasteiger partial charge in [0.05, 0.1) is 11.3 Å². The SMILES string of the molecule is CCS(=O)(=O)CC(C)NC(C)(C)C(N)=O. The van der Waals surface area contributed by atoms with Gasteiger partial charge in [-0.25, -0.2) is 8.42 Å². The summed E-state index contributed by atoms with van der Waals surface area (Å²) in [6.45, 7) is 6.58. The number of rotatable bonds is 6. The minimum Gasteiger partial charge on any atom is -0.368 e. The van der Waals surface area contributed by atoms with Crippen molar-refractivity contribution in [2.75, 3.05) is 11.5 Å². The Morgan fingerprint density at radius 3 is 2.27 bits per heavy atom. The molecule has 6 heteroatoms. The number of hydrogen-bond donors (Lipinski definition) is 2. The molecule has 0 fully saturated rings. The van der Waals surface area contributed by atoms with E-state index in [1.165, 1.54) is 0 Å². The number of carbonyl (C=O) groups is 1. The van der Waals surface area contributed by atoms with Crippen LogP contribution in [0.3, 0.4) is 0 Å². The molecule has 0 aromatic rings. The van der Waals surface area contributed by atoms with Gasteiger partial charge in [0.25, 0.3) is 0 Å². The zero-order chi connectivity index (χ0) is 12.3. The van der Waals surface area contributed by atoms with Crippen molar-refractivity contribution in [3.8, 4) is 0 Å². The van der Waals surface area contributed by atoms with Crippen molar-refractivity contribution in [1.29, 1.82) is 0 Å². The third-order valence-electron chi connectivity index (χ3n) is 2.17. The fourth-order valence-corrected chi connectivity index (χ4v) is 2.31. The molecule has 90 valence electrons. The monoisotopic (exact) mass is 236 g/mol. The molecule has 1 atom stereocenters. The Labute approximate surface area is 91.3 Å². The van der Waals surface area contributed by atoms with Gasteiger partial charge >= 0.3 is 0 Å². The molecule has 0 saturated carbocycles. The molecular weight excluding hydrogens is 216 g/mol. The van der Waals surface area contributed by atoms with E-state index in [0.29, 0.717) is 0 Å². The number of carbonyl (C=O) groups excluding carboxylic acids is 1. The second-order valence-electron chi connectivity index (χ2n) is 4.23. The van der Waals surface area contributed by atoms with Crippen molar-refractivity contribution in [3.63, 3.8) is 0 Å². The van der Waals surface area contributed by atoms with Crippen LogP contribution in [0, 0.1) is 0 Å². The van der Waals surface area contributed by atoms with Gasteiger partial charge < -0.3 is 11.1 Å². The first-order valence-electron chi connectivity index (χ1n) is 4.88. The molecule has 0 spiro atoms. The lowest BCUT2D eigenvalue weighted by molar-refractivity contribution is -0.123. The average Bonchev–Trinajstić information content (AvgIpc) is 2.01. The van der Waals surface area contributed by atoms with Gasteiger partial charge in [0.15, 0.2) is 9.84 Å². The van der Waals surface area contributed by atoms with Gasteiger partial charge in [-0.3, -0.25) is 4.79 Å². The molecule has 0 rings (SSSR count). The molecule has 0 aromatic heterocycles. The number of amides is 1. The Kier molecular flexibility index (Phi) is 4.73. The fraction of sp³-hybridized carbons (Fsp3) is 0.889. The fourth-order valence-electron chi connectivity index (χ4n) is 1.23. The standard InChI is InChI=1S/C9H20N2O3S/c1-5-15(13,14)6-7(2)11-9(3,4)8(10)12/h7,11H,5-6H2,1-4H3,(H2,10,12). The molecule has 0 saturated heterocycles. The van der Waals surface area contributed by atoms with E-state index in [0.717, 1.165) is 0 Å². The summed E-state index contributed by atoms with van der Waals surface area (Å²) in [5.41, 5.74) is 4.28. The highest BCUT2D eigenvalue weighted by atomic mass is 32.2. The molecule has 0 aromatic carbocycles. The van der Waals surface area contributed by atoms with Gasteiger partial charge in [-0.05, 0) is 20.8 Å². The van der Waals surface area contributed by atoms with Crippen LogP contribution in [-0.4, -0.2) is 37.4 Å². The molecule has 5 nitrogen and oxygen atoms in total. The van der Waals surface area contributed by atoms with E-state index in [1.54, 1.807) is 27.7 Å². The molecule has 0 bridgehead atoms.